The van der Waals surface area contributed by atoms with Gasteiger partial charge in [-0.15, -0.1) is 0 Å². The highest BCUT2D eigenvalue weighted by molar-refractivity contribution is 5.63. The van der Waals surface area contributed by atoms with Crippen molar-refractivity contribution < 1.29 is 9.47 Å². The van der Waals surface area contributed by atoms with E-state index in [4.69, 9.17) is 9.47 Å². The molecular weight excluding hydrogens is 520 g/mol. The summed E-state index contributed by atoms with van der Waals surface area (Å²) < 4.78 is 11.6. The molecule has 0 amide bonds. The fourth-order valence-corrected chi connectivity index (χ4v) is 4.69. The van der Waals surface area contributed by atoms with Gasteiger partial charge in [0.2, 0.25) is 0 Å². The molecule has 6 nitrogen and oxygen atoms in total. The molecule has 0 bridgehead atoms. The van der Waals surface area contributed by atoms with Crippen LogP contribution in [0.5, 0.6) is 0 Å². The van der Waals surface area contributed by atoms with E-state index >= 15 is 0 Å². The predicted molar refractivity (Wildman–Crippen MR) is 179 cm³/mol. The van der Waals surface area contributed by atoms with Gasteiger partial charge in [-0.2, -0.15) is 0 Å². The lowest BCUT2D eigenvalue weighted by atomic mass is 10.1. The van der Waals surface area contributed by atoms with Crippen LogP contribution >= 0.6 is 0 Å². The van der Waals surface area contributed by atoms with Crippen molar-refractivity contribution in [1.29, 1.82) is 0 Å². The summed E-state index contributed by atoms with van der Waals surface area (Å²) in [5.41, 5.74) is 6.62. The molecule has 4 rings (SSSR count). The lowest BCUT2D eigenvalue weighted by molar-refractivity contribution is 0.0447. The van der Waals surface area contributed by atoms with E-state index in [2.05, 4.69) is 108 Å². The van der Waals surface area contributed by atoms with Gasteiger partial charge in [-0.3, -0.25) is 0 Å². The minimum absolute atomic E-state index is 0.386. The maximum absolute atomic E-state index is 5.78. The van der Waals surface area contributed by atoms with Crippen molar-refractivity contribution in [3.8, 4) is 0 Å². The summed E-state index contributed by atoms with van der Waals surface area (Å²) in [5.74, 6) is 0. The molecule has 0 aliphatic rings. The number of rotatable bonds is 19. The minimum atomic E-state index is 0.386. The van der Waals surface area contributed by atoms with Crippen LogP contribution in [0.25, 0.3) is 0 Å². The van der Waals surface area contributed by atoms with E-state index < -0.39 is 0 Å². The number of nitrogens with one attached hydrogen (secondary N) is 4. The summed E-state index contributed by atoms with van der Waals surface area (Å²) in [7, 11) is 0. The van der Waals surface area contributed by atoms with Crippen LogP contribution in [0.4, 0.5) is 34.1 Å². The number of ether oxygens (including phenoxy) is 2. The van der Waals surface area contributed by atoms with Crippen molar-refractivity contribution in [2.45, 2.75) is 51.6 Å². The zero-order chi connectivity index (χ0) is 29.2. The second-order valence-electron chi connectivity index (χ2n) is 10.7. The van der Waals surface area contributed by atoms with Crippen LogP contribution in [0.2, 0.25) is 0 Å². The summed E-state index contributed by atoms with van der Waals surface area (Å²) in [6, 6.07) is 38.1. The van der Waals surface area contributed by atoms with E-state index in [1.165, 1.54) is 0 Å². The van der Waals surface area contributed by atoms with Gasteiger partial charge >= 0.3 is 0 Å². The zero-order valence-corrected chi connectivity index (χ0v) is 25.0. The monoisotopic (exact) mass is 566 g/mol. The molecule has 0 saturated heterocycles. The van der Waals surface area contributed by atoms with Crippen LogP contribution in [0, 0.1) is 0 Å². The Bertz CT molecular complexity index is 1150. The van der Waals surface area contributed by atoms with Gasteiger partial charge < -0.3 is 30.7 Å². The van der Waals surface area contributed by atoms with Crippen molar-refractivity contribution in [3.05, 3.63) is 109 Å². The third-order valence-corrected chi connectivity index (χ3v) is 6.94. The molecule has 4 aromatic carbocycles. The molecule has 0 heterocycles. The van der Waals surface area contributed by atoms with E-state index in [0.717, 1.165) is 73.0 Å². The standard InChI is InChI=1S/C36H46N4O2/c1-29(37-33-17-21-35(22-18-33)39-31-13-5-3-6-14-31)11-9-25-41-27-28-42-26-10-12-30(2)38-34-19-23-36(24-20-34)40-32-15-7-4-8-16-32/h3-8,13-24,29-30,37-40H,9-12,25-28H2,1-2H3. The second-order valence-corrected chi connectivity index (χ2v) is 10.7. The Hall–Kier alpha value is -4.00. The zero-order valence-electron chi connectivity index (χ0n) is 25.0. The Morgan fingerprint density at radius 2 is 0.762 bits per heavy atom. The van der Waals surface area contributed by atoms with Gasteiger partial charge in [0.15, 0.2) is 0 Å². The normalized spacial score (nSPS) is 12.3. The second kappa shape index (κ2) is 17.7. The summed E-state index contributed by atoms with van der Waals surface area (Å²) in [6.45, 7) is 7.25. The highest BCUT2D eigenvalue weighted by Crippen LogP contribution is 2.21. The number of hydrogen-bond acceptors (Lipinski definition) is 6. The molecule has 0 fully saturated rings. The van der Waals surface area contributed by atoms with Gasteiger partial charge in [-0.05, 0) is 112 Å². The van der Waals surface area contributed by atoms with Gasteiger partial charge in [-0.25, -0.2) is 0 Å². The molecule has 0 aliphatic carbocycles. The lowest BCUT2D eigenvalue weighted by Gasteiger charge is -2.16. The quantitative estimate of drug-likeness (QED) is 0.0849. The number of anilines is 6. The molecule has 0 aliphatic heterocycles. The van der Waals surface area contributed by atoms with Gasteiger partial charge in [0.05, 0.1) is 13.2 Å². The molecular formula is C36H46N4O2. The predicted octanol–water partition coefficient (Wildman–Crippen LogP) is 9.07. The topological polar surface area (TPSA) is 66.6 Å². The molecule has 4 N–H and O–H groups in total. The minimum Gasteiger partial charge on any atom is -0.383 e. The fraction of sp³-hybridized carbons (Fsp3) is 0.333. The molecule has 2 unspecified atom stereocenters. The highest BCUT2D eigenvalue weighted by Gasteiger charge is 2.04. The molecule has 0 radical (unpaired) electrons. The average molecular weight is 567 g/mol. The number of benzene rings is 4. The SMILES string of the molecule is CC(CCCOCCOCCCC(C)Nc1ccc(Nc2ccccc2)cc1)Nc1ccc(Nc2ccccc2)cc1. The van der Waals surface area contributed by atoms with Crippen LogP contribution in [0.3, 0.4) is 0 Å². The maximum Gasteiger partial charge on any atom is 0.0700 e. The van der Waals surface area contributed by atoms with Crippen molar-refractivity contribution in [2.75, 3.05) is 47.7 Å². The van der Waals surface area contributed by atoms with Crippen molar-refractivity contribution >= 4 is 34.1 Å². The third-order valence-electron chi connectivity index (χ3n) is 6.94. The first-order chi connectivity index (χ1) is 20.6. The van der Waals surface area contributed by atoms with Crippen LogP contribution in [0.15, 0.2) is 109 Å². The highest BCUT2D eigenvalue weighted by atomic mass is 16.5. The number of para-hydroxylation sites is 2. The Balaban J connectivity index is 0.968. The van der Waals surface area contributed by atoms with E-state index in [9.17, 15) is 0 Å². The van der Waals surface area contributed by atoms with E-state index in [1.54, 1.807) is 0 Å². The van der Waals surface area contributed by atoms with Crippen LogP contribution in [0.1, 0.15) is 39.5 Å². The molecule has 0 saturated carbocycles. The van der Waals surface area contributed by atoms with E-state index in [0.29, 0.717) is 25.3 Å². The first-order valence-corrected chi connectivity index (χ1v) is 15.2. The first-order valence-electron chi connectivity index (χ1n) is 15.2. The van der Waals surface area contributed by atoms with Crippen molar-refractivity contribution in [3.63, 3.8) is 0 Å². The first kappa shape index (κ1) is 30.9. The maximum atomic E-state index is 5.78. The van der Waals surface area contributed by atoms with Crippen molar-refractivity contribution in [2.24, 2.45) is 0 Å². The Morgan fingerprint density at radius 1 is 0.429 bits per heavy atom. The molecule has 6 heteroatoms. The molecule has 0 spiro atoms. The average Bonchev–Trinajstić information content (AvgIpc) is 3.01. The van der Waals surface area contributed by atoms with Gasteiger partial charge in [-0.1, -0.05) is 36.4 Å². The van der Waals surface area contributed by atoms with Crippen LogP contribution in [-0.4, -0.2) is 38.5 Å². The van der Waals surface area contributed by atoms with E-state index in [1.807, 2.05) is 36.4 Å². The summed E-state index contributed by atoms with van der Waals surface area (Å²) >= 11 is 0. The molecule has 42 heavy (non-hydrogen) atoms. The Labute approximate surface area is 251 Å². The Morgan fingerprint density at radius 3 is 1.14 bits per heavy atom. The smallest absolute Gasteiger partial charge is 0.0700 e. The van der Waals surface area contributed by atoms with Gasteiger partial charge in [0.1, 0.15) is 0 Å². The molecule has 222 valence electrons. The van der Waals surface area contributed by atoms with Crippen LogP contribution < -0.4 is 21.3 Å². The summed E-state index contributed by atoms with van der Waals surface area (Å²) in [4.78, 5) is 0. The largest absolute Gasteiger partial charge is 0.383 e. The summed E-state index contributed by atoms with van der Waals surface area (Å²) in [6.07, 6.45) is 4.16. The van der Waals surface area contributed by atoms with Gasteiger partial charge in [0, 0.05) is 59.4 Å². The van der Waals surface area contributed by atoms with Crippen molar-refractivity contribution in [1.82, 2.24) is 0 Å². The van der Waals surface area contributed by atoms with Crippen LogP contribution in [-0.2, 0) is 9.47 Å². The molecule has 2 atom stereocenters. The fourth-order valence-electron chi connectivity index (χ4n) is 4.69. The molecule has 0 aromatic heterocycles. The van der Waals surface area contributed by atoms with Gasteiger partial charge in [0.25, 0.3) is 0 Å². The molecule has 4 aromatic rings. The third kappa shape index (κ3) is 11.9. The van der Waals surface area contributed by atoms with E-state index in [-0.39, 0.29) is 0 Å². The Kier molecular flexibility index (Phi) is 13.1. The lowest BCUT2D eigenvalue weighted by Crippen LogP contribution is -2.17. The number of hydrogen-bond donors (Lipinski definition) is 4. The summed E-state index contributed by atoms with van der Waals surface area (Å²) in [5, 5.41) is 14.0.